The van der Waals surface area contributed by atoms with Gasteiger partial charge in [-0.15, -0.1) is 5.10 Å². The zero-order valence-electron chi connectivity index (χ0n) is 15.8. The van der Waals surface area contributed by atoms with Crippen LogP contribution in [0.2, 0.25) is 0 Å². The first kappa shape index (κ1) is 18.8. The molecule has 3 heterocycles. The minimum atomic E-state index is -0.151. The van der Waals surface area contributed by atoms with Crippen LogP contribution in [0.5, 0.6) is 0 Å². The molecule has 0 saturated heterocycles. The average Bonchev–Trinajstić information content (AvgIpc) is 3.27. The summed E-state index contributed by atoms with van der Waals surface area (Å²) < 4.78 is 1.39. The maximum atomic E-state index is 12.4. The van der Waals surface area contributed by atoms with Crippen LogP contribution in [-0.4, -0.2) is 29.8 Å². The molecule has 0 aliphatic heterocycles. The molecular weight excluding hydrogens is 392 g/mol. The second-order valence-electron chi connectivity index (χ2n) is 6.94. The van der Waals surface area contributed by atoms with E-state index >= 15 is 0 Å². The molecule has 1 aromatic carbocycles. The second kappa shape index (κ2) is 7.84. The van der Waals surface area contributed by atoms with Gasteiger partial charge in [0.25, 0.3) is 5.56 Å². The van der Waals surface area contributed by atoms with E-state index in [0.717, 1.165) is 28.4 Å². The molecule has 0 unspecified atom stereocenters. The Balaban J connectivity index is 1.51. The maximum absolute atomic E-state index is 12.4. The third-order valence-electron chi connectivity index (χ3n) is 4.14. The van der Waals surface area contributed by atoms with E-state index < -0.39 is 0 Å². The minimum Gasteiger partial charge on any atom is -0.267 e. The van der Waals surface area contributed by atoms with Gasteiger partial charge < -0.3 is 0 Å². The van der Waals surface area contributed by atoms with Crippen molar-refractivity contribution < 1.29 is 0 Å². The Morgan fingerprint density at radius 3 is 2.86 bits per heavy atom. The lowest BCUT2D eigenvalue weighted by Gasteiger charge is -2.00. The molecule has 9 heteroatoms. The van der Waals surface area contributed by atoms with Gasteiger partial charge in [-0.25, -0.2) is 9.97 Å². The molecule has 28 heavy (non-hydrogen) atoms. The van der Waals surface area contributed by atoms with Gasteiger partial charge >= 0.3 is 0 Å². The molecule has 0 amide bonds. The van der Waals surface area contributed by atoms with Crippen molar-refractivity contribution >= 4 is 28.1 Å². The number of aromatic amines is 1. The second-order valence-corrected chi connectivity index (χ2v) is 8.93. The predicted molar refractivity (Wildman–Crippen MR) is 112 cm³/mol. The summed E-state index contributed by atoms with van der Waals surface area (Å²) in [5.41, 5.74) is 2.72. The number of H-pyrrole nitrogens is 1. The highest BCUT2D eigenvalue weighted by molar-refractivity contribution is 7.98. The van der Waals surface area contributed by atoms with E-state index in [2.05, 4.69) is 39.1 Å². The van der Waals surface area contributed by atoms with Crippen molar-refractivity contribution in [1.29, 1.82) is 0 Å². The van der Waals surface area contributed by atoms with Gasteiger partial charge in [-0.3, -0.25) is 9.89 Å². The zero-order valence-corrected chi connectivity index (χ0v) is 17.5. The third kappa shape index (κ3) is 4.00. The fraction of sp³-hybridized carbons (Fsp3) is 0.316. The molecule has 0 spiro atoms. The molecule has 0 atom stereocenters. The Kier molecular flexibility index (Phi) is 5.27. The summed E-state index contributed by atoms with van der Waals surface area (Å²) in [6, 6.07) is 9.57. The molecule has 4 aromatic rings. The summed E-state index contributed by atoms with van der Waals surface area (Å²) in [5.74, 6) is 1.75. The number of aromatic nitrogens is 6. The van der Waals surface area contributed by atoms with Gasteiger partial charge in [-0.05, 0) is 18.4 Å². The van der Waals surface area contributed by atoms with Crippen molar-refractivity contribution in [3.63, 3.8) is 0 Å². The summed E-state index contributed by atoms with van der Waals surface area (Å²) >= 11 is 2.92. The van der Waals surface area contributed by atoms with E-state index in [0.29, 0.717) is 27.5 Å². The van der Waals surface area contributed by atoms with E-state index in [-0.39, 0.29) is 5.56 Å². The molecule has 0 bridgehead atoms. The van der Waals surface area contributed by atoms with Crippen molar-refractivity contribution in [3.05, 3.63) is 57.0 Å². The number of aryl methyl sites for hydroxylation is 1. The highest BCUT2D eigenvalue weighted by Crippen LogP contribution is 2.24. The number of thioether (sulfide) groups is 1. The summed E-state index contributed by atoms with van der Waals surface area (Å²) in [7, 11) is 0. The van der Waals surface area contributed by atoms with Crippen LogP contribution in [0.3, 0.4) is 0 Å². The molecule has 0 fully saturated rings. The Morgan fingerprint density at radius 2 is 2.07 bits per heavy atom. The van der Waals surface area contributed by atoms with E-state index in [1.807, 2.05) is 31.2 Å². The number of rotatable bonds is 6. The molecule has 7 nitrogen and oxygen atoms in total. The van der Waals surface area contributed by atoms with Gasteiger partial charge in [0, 0.05) is 23.8 Å². The van der Waals surface area contributed by atoms with Crippen LogP contribution in [0, 0.1) is 12.8 Å². The van der Waals surface area contributed by atoms with Crippen molar-refractivity contribution in [3.8, 4) is 11.4 Å². The topological polar surface area (TPSA) is 88.8 Å². The molecule has 0 radical (unpaired) electrons. The summed E-state index contributed by atoms with van der Waals surface area (Å²) in [5, 5.41) is 13.2. The summed E-state index contributed by atoms with van der Waals surface area (Å²) in [6.07, 6.45) is 0.844. The van der Waals surface area contributed by atoms with Crippen molar-refractivity contribution in [2.45, 2.75) is 38.1 Å². The number of hydrogen-bond acceptors (Lipinski definition) is 7. The lowest BCUT2D eigenvalue weighted by molar-refractivity contribution is 0.635. The molecule has 0 aliphatic carbocycles. The first-order chi connectivity index (χ1) is 13.5. The molecular formula is C19H20N6OS2. The van der Waals surface area contributed by atoms with E-state index in [9.17, 15) is 4.79 Å². The summed E-state index contributed by atoms with van der Waals surface area (Å²) in [6.45, 7) is 6.30. The standard InChI is InChI=1S/C19H20N6OS2/c1-11(2)8-15-24-25-16(26)9-13(20-19(25)28-15)10-27-18-21-17(22-23-18)14-7-5-4-6-12(14)3/h4-7,9,11H,8,10H2,1-3H3,(H,21,22,23). The minimum absolute atomic E-state index is 0.151. The third-order valence-corrected chi connectivity index (χ3v) is 5.95. The van der Waals surface area contributed by atoms with Crippen LogP contribution in [0.15, 0.2) is 40.3 Å². The quantitative estimate of drug-likeness (QED) is 0.485. The molecule has 0 saturated carbocycles. The SMILES string of the molecule is Cc1ccccc1-c1nc(SCc2cc(=O)n3nc(CC(C)C)sc3n2)n[nH]1. The monoisotopic (exact) mass is 412 g/mol. The van der Waals surface area contributed by atoms with Crippen LogP contribution in [-0.2, 0) is 12.2 Å². The first-order valence-corrected chi connectivity index (χ1v) is 10.8. The summed E-state index contributed by atoms with van der Waals surface area (Å²) in [4.78, 5) is 22.1. The van der Waals surface area contributed by atoms with Gasteiger partial charge in [0.1, 0.15) is 5.01 Å². The van der Waals surface area contributed by atoms with E-state index in [1.165, 1.54) is 33.7 Å². The smallest absolute Gasteiger partial charge is 0.267 e. The molecule has 4 rings (SSSR count). The average molecular weight is 413 g/mol. The molecule has 1 N–H and O–H groups in total. The van der Waals surface area contributed by atoms with Crippen LogP contribution in [0.25, 0.3) is 16.3 Å². The number of hydrogen-bond donors (Lipinski definition) is 1. The van der Waals surface area contributed by atoms with Gasteiger partial charge in [-0.1, -0.05) is 61.2 Å². The Morgan fingerprint density at radius 1 is 1.25 bits per heavy atom. The lowest BCUT2D eigenvalue weighted by atomic mass is 10.1. The van der Waals surface area contributed by atoms with Gasteiger partial charge in [-0.2, -0.15) is 9.61 Å². The van der Waals surface area contributed by atoms with Crippen molar-refractivity contribution in [2.24, 2.45) is 5.92 Å². The lowest BCUT2D eigenvalue weighted by Crippen LogP contribution is -2.15. The van der Waals surface area contributed by atoms with Crippen LogP contribution in [0.1, 0.15) is 30.1 Å². The Labute approximate surface area is 170 Å². The highest BCUT2D eigenvalue weighted by atomic mass is 32.2. The first-order valence-electron chi connectivity index (χ1n) is 8.99. The van der Waals surface area contributed by atoms with Gasteiger partial charge in [0.2, 0.25) is 10.1 Å². The number of fused-ring (bicyclic) bond motifs is 1. The highest BCUT2D eigenvalue weighted by Gasteiger charge is 2.12. The molecule has 0 aliphatic rings. The normalized spacial score (nSPS) is 11.6. The Bertz CT molecular complexity index is 1180. The maximum Gasteiger partial charge on any atom is 0.275 e. The fourth-order valence-electron chi connectivity index (χ4n) is 2.81. The molecule has 144 valence electrons. The largest absolute Gasteiger partial charge is 0.275 e. The number of nitrogens with zero attached hydrogens (tertiary/aromatic N) is 5. The Hall–Kier alpha value is -2.52. The number of nitrogens with one attached hydrogen (secondary N) is 1. The molecule has 3 aromatic heterocycles. The van der Waals surface area contributed by atoms with Gasteiger partial charge in [0.15, 0.2) is 5.82 Å². The van der Waals surface area contributed by atoms with Crippen LogP contribution in [0.4, 0.5) is 0 Å². The van der Waals surface area contributed by atoms with Crippen molar-refractivity contribution in [1.82, 2.24) is 29.8 Å². The fourth-order valence-corrected chi connectivity index (χ4v) is 4.63. The van der Waals surface area contributed by atoms with E-state index in [4.69, 9.17) is 0 Å². The van der Waals surface area contributed by atoms with E-state index in [1.54, 1.807) is 0 Å². The zero-order chi connectivity index (χ0) is 19.7. The van der Waals surface area contributed by atoms with Crippen LogP contribution >= 0.6 is 23.1 Å². The van der Waals surface area contributed by atoms with Gasteiger partial charge in [0.05, 0.1) is 5.69 Å². The van der Waals surface area contributed by atoms with Crippen molar-refractivity contribution in [2.75, 3.05) is 0 Å². The van der Waals surface area contributed by atoms with Crippen LogP contribution < -0.4 is 5.56 Å². The number of benzene rings is 1. The predicted octanol–water partition coefficient (Wildman–Crippen LogP) is 3.74.